The first-order valence-electron chi connectivity index (χ1n) is 10.2. The van der Waals surface area contributed by atoms with Crippen LogP contribution in [0.3, 0.4) is 0 Å². The summed E-state index contributed by atoms with van der Waals surface area (Å²) in [5, 5.41) is 1.75. The number of hydrogen-bond acceptors (Lipinski definition) is 5. The summed E-state index contributed by atoms with van der Waals surface area (Å²) in [4.78, 5) is 9.85. The molecule has 1 aliphatic heterocycles. The van der Waals surface area contributed by atoms with Gasteiger partial charge in [-0.25, -0.2) is 4.98 Å². The van der Waals surface area contributed by atoms with Crippen LogP contribution in [0.2, 0.25) is 5.02 Å². The van der Waals surface area contributed by atoms with Gasteiger partial charge in [-0.15, -0.1) is 0 Å². The Morgan fingerprint density at radius 2 is 1.87 bits per heavy atom. The summed E-state index contributed by atoms with van der Waals surface area (Å²) < 4.78 is 11.0. The number of ether oxygens (including phenoxy) is 2. The highest BCUT2D eigenvalue weighted by molar-refractivity contribution is 6.30. The van der Waals surface area contributed by atoms with Crippen LogP contribution in [0, 0.1) is 0 Å². The molecular formula is C24H28ClN3O2. The Bertz CT molecular complexity index is 1050. The predicted molar refractivity (Wildman–Crippen MR) is 123 cm³/mol. The second-order valence-electron chi connectivity index (χ2n) is 8.05. The van der Waals surface area contributed by atoms with E-state index in [4.69, 9.17) is 26.1 Å². The topological polar surface area (TPSA) is 37.8 Å². The van der Waals surface area contributed by atoms with E-state index >= 15 is 0 Å². The van der Waals surface area contributed by atoms with Crippen LogP contribution >= 0.6 is 11.6 Å². The van der Waals surface area contributed by atoms with E-state index in [-0.39, 0.29) is 0 Å². The molecule has 158 valence electrons. The fourth-order valence-electron chi connectivity index (χ4n) is 4.17. The van der Waals surface area contributed by atoms with E-state index in [0.29, 0.717) is 22.6 Å². The lowest BCUT2D eigenvalue weighted by molar-refractivity contribution is 0.265. The lowest BCUT2D eigenvalue weighted by Crippen LogP contribution is -2.31. The second kappa shape index (κ2) is 8.80. The molecule has 0 saturated carbocycles. The zero-order valence-corrected chi connectivity index (χ0v) is 18.7. The molecular weight excluding hydrogens is 398 g/mol. The molecule has 0 amide bonds. The third-order valence-corrected chi connectivity index (χ3v) is 6.10. The van der Waals surface area contributed by atoms with E-state index in [1.807, 2.05) is 30.3 Å². The molecule has 6 heteroatoms. The standard InChI is InChI=1S/C24H28ClN3O2/c1-27(2)20-8-9-28(15-20)14-18-10-17-12-22(29-3)23(30-4)13-21(17)26-24(18)16-6-5-7-19(25)11-16/h5-7,10-13,20H,8-9,14-15H2,1-4H3. The van der Waals surface area contributed by atoms with Crippen LogP contribution in [-0.2, 0) is 6.54 Å². The molecule has 1 unspecified atom stereocenters. The van der Waals surface area contributed by atoms with Crippen molar-refractivity contribution in [2.75, 3.05) is 41.4 Å². The van der Waals surface area contributed by atoms with Gasteiger partial charge in [0.2, 0.25) is 0 Å². The van der Waals surface area contributed by atoms with Crippen molar-refractivity contribution in [2.24, 2.45) is 0 Å². The van der Waals surface area contributed by atoms with Crippen LogP contribution in [-0.4, -0.2) is 62.2 Å². The molecule has 3 aromatic rings. The smallest absolute Gasteiger partial charge is 0.162 e. The van der Waals surface area contributed by atoms with Crippen molar-refractivity contribution in [1.82, 2.24) is 14.8 Å². The molecule has 1 atom stereocenters. The largest absolute Gasteiger partial charge is 0.493 e. The number of methoxy groups -OCH3 is 2. The van der Waals surface area contributed by atoms with E-state index in [2.05, 4.69) is 36.0 Å². The van der Waals surface area contributed by atoms with Crippen LogP contribution < -0.4 is 9.47 Å². The van der Waals surface area contributed by atoms with E-state index in [9.17, 15) is 0 Å². The Morgan fingerprint density at radius 1 is 1.10 bits per heavy atom. The SMILES string of the molecule is COc1cc2cc(CN3CCC(N(C)C)C3)c(-c3cccc(Cl)c3)nc2cc1OC. The quantitative estimate of drug-likeness (QED) is 0.571. The summed E-state index contributed by atoms with van der Waals surface area (Å²) >= 11 is 6.30. The van der Waals surface area contributed by atoms with Gasteiger partial charge in [-0.05, 0) is 50.3 Å². The summed E-state index contributed by atoms with van der Waals surface area (Å²) in [5.74, 6) is 1.39. The van der Waals surface area contributed by atoms with Crippen molar-refractivity contribution < 1.29 is 9.47 Å². The molecule has 1 aliphatic rings. The minimum absolute atomic E-state index is 0.595. The zero-order chi connectivity index (χ0) is 21.3. The predicted octanol–water partition coefficient (Wildman–Crippen LogP) is 4.71. The van der Waals surface area contributed by atoms with Gasteiger partial charge >= 0.3 is 0 Å². The van der Waals surface area contributed by atoms with Crippen molar-refractivity contribution in [2.45, 2.75) is 19.0 Å². The summed E-state index contributed by atoms with van der Waals surface area (Å²) in [5.41, 5.74) is 4.05. The maximum atomic E-state index is 6.30. The summed E-state index contributed by atoms with van der Waals surface area (Å²) in [6, 6.07) is 14.7. The van der Waals surface area contributed by atoms with Crippen molar-refractivity contribution in [1.29, 1.82) is 0 Å². The normalized spacial score (nSPS) is 17.1. The molecule has 0 radical (unpaired) electrons. The van der Waals surface area contributed by atoms with Crippen LogP contribution in [0.25, 0.3) is 22.2 Å². The number of halogens is 1. The third kappa shape index (κ3) is 4.24. The Labute approximate surface area is 183 Å². The highest BCUT2D eigenvalue weighted by Gasteiger charge is 2.25. The number of fused-ring (bicyclic) bond motifs is 1. The van der Waals surface area contributed by atoms with Gasteiger partial charge in [0.25, 0.3) is 0 Å². The highest BCUT2D eigenvalue weighted by Crippen LogP contribution is 2.35. The van der Waals surface area contributed by atoms with E-state index in [1.54, 1.807) is 14.2 Å². The fourth-order valence-corrected chi connectivity index (χ4v) is 4.36. The van der Waals surface area contributed by atoms with E-state index < -0.39 is 0 Å². The second-order valence-corrected chi connectivity index (χ2v) is 8.48. The first-order chi connectivity index (χ1) is 14.5. The number of likely N-dealkylation sites (N-methyl/N-ethyl adjacent to an activating group) is 1. The van der Waals surface area contributed by atoms with Crippen LogP contribution in [0.4, 0.5) is 0 Å². The molecule has 5 nitrogen and oxygen atoms in total. The Balaban J connectivity index is 1.80. The number of rotatable bonds is 6. The number of benzene rings is 2. The number of hydrogen-bond donors (Lipinski definition) is 0. The molecule has 1 saturated heterocycles. The van der Waals surface area contributed by atoms with Gasteiger partial charge in [-0.2, -0.15) is 0 Å². The van der Waals surface area contributed by atoms with Gasteiger partial charge in [0.15, 0.2) is 11.5 Å². The van der Waals surface area contributed by atoms with Crippen LogP contribution in [0.1, 0.15) is 12.0 Å². The first-order valence-corrected chi connectivity index (χ1v) is 10.6. The molecule has 0 spiro atoms. The Hall–Kier alpha value is -2.34. The molecule has 4 rings (SSSR count). The lowest BCUT2D eigenvalue weighted by Gasteiger charge is -2.21. The lowest BCUT2D eigenvalue weighted by atomic mass is 10.0. The minimum atomic E-state index is 0.595. The Kier molecular flexibility index (Phi) is 6.14. The average Bonchev–Trinajstić information content (AvgIpc) is 3.21. The van der Waals surface area contributed by atoms with Gasteiger partial charge in [-0.1, -0.05) is 23.7 Å². The number of pyridine rings is 1. The number of nitrogens with zero attached hydrogens (tertiary/aromatic N) is 3. The summed E-state index contributed by atoms with van der Waals surface area (Å²) in [6.07, 6.45) is 1.19. The number of likely N-dealkylation sites (tertiary alicyclic amines) is 1. The van der Waals surface area contributed by atoms with E-state index in [1.165, 1.54) is 12.0 Å². The maximum Gasteiger partial charge on any atom is 0.162 e. The summed E-state index contributed by atoms with van der Waals surface area (Å²) in [7, 11) is 7.61. The maximum absolute atomic E-state index is 6.30. The van der Waals surface area contributed by atoms with Crippen molar-refractivity contribution in [3.8, 4) is 22.8 Å². The van der Waals surface area contributed by atoms with Gasteiger partial charge < -0.3 is 14.4 Å². The minimum Gasteiger partial charge on any atom is -0.493 e. The molecule has 1 fully saturated rings. The van der Waals surface area contributed by atoms with Crippen molar-refractivity contribution in [3.05, 3.63) is 53.1 Å². The third-order valence-electron chi connectivity index (χ3n) is 5.87. The molecule has 2 heterocycles. The molecule has 0 N–H and O–H groups in total. The van der Waals surface area contributed by atoms with Gasteiger partial charge in [0, 0.05) is 47.7 Å². The fraction of sp³-hybridized carbons (Fsp3) is 0.375. The van der Waals surface area contributed by atoms with E-state index in [0.717, 1.165) is 41.8 Å². The molecule has 0 aliphatic carbocycles. The zero-order valence-electron chi connectivity index (χ0n) is 18.0. The number of aromatic nitrogens is 1. The molecule has 0 bridgehead atoms. The van der Waals surface area contributed by atoms with Crippen molar-refractivity contribution >= 4 is 22.5 Å². The monoisotopic (exact) mass is 425 g/mol. The van der Waals surface area contributed by atoms with Crippen LogP contribution in [0.15, 0.2) is 42.5 Å². The summed E-state index contributed by atoms with van der Waals surface area (Å²) in [6.45, 7) is 3.00. The van der Waals surface area contributed by atoms with Crippen LogP contribution in [0.5, 0.6) is 11.5 Å². The van der Waals surface area contributed by atoms with Crippen molar-refractivity contribution in [3.63, 3.8) is 0 Å². The Morgan fingerprint density at radius 3 is 2.53 bits per heavy atom. The van der Waals surface area contributed by atoms with Gasteiger partial charge in [0.1, 0.15) is 0 Å². The molecule has 2 aromatic carbocycles. The molecule has 30 heavy (non-hydrogen) atoms. The average molecular weight is 426 g/mol. The molecule has 1 aromatic heterocycles. The first kappa shape index (κ1) is 20.9. The highest BCUT2D eigenvalue weighted by atomic mass is 35.5. The van der Waals surface area contributed by atoms with Gasteiger partial charge in [-0.3, -0.25) is 4.90 Å². The van der Waals surface area contributed by atoms with Gasteiger partial charge in [0.05, 0.1) is 25.4 Å².